The largest absolute Gasteiger partial charge is 0.443 e. The number of nitrogens with zero attached hydrogens (tertiary/aromatic N) is 2. The number of anilines is 1. The van der Waals surface area contributed by atoms with Crippen LogP contribution < -0.4 is 11.1 Å². The van der Waals surface area contributed by atoms with Gasteiger partial charge in [-0.1, -0.05) is 6.42 Å². The van der Waals surface area contributed by atoms with Gasteiger partial charge in [-0.15, -0.1) is 0 Å². The quantitative estimate of drug-likeness (QED) is 0.324. The van der Waals surface area contributed by atoms with Gasteiger partial charge in [0.2, 0.25) is 11.8 Å². The molecule has 12 heteroatoms. The van der Waals surface area contributed by atoms with Gasteiger partial charge in [0.1, 0.15) is 24.5 Å². The Labute approximate surface area is 286 Å². The molecule has 11 nitrogen and oxygen atoms in total. The number of benzene rings is 1. The van der Waals surface area contributed by atoms with Crippen molar-refractivity contribution in [1.29, 1.82) is 0 Å². The molecule has 4 fully saturated rings. The molecule has 0 unspecified atom stereocenters. The number of carbonyl (C=O) groups is 4. The molecule has 3 heterocycles. The van der Waals surface area contributed by atoms with Crippen molar-refractivity contribution in [1.82, 2.24) is 9.47 Å². The van der Waals surface area contributed by atoms with Gasteiger partial charge in [0, 0.05) is 43.5 Å². The third-order valence-corrected chi connectivity index (χ3v) is 12.3. The van der Waals surface area contributed by atoms with Gasteiger partial charge in [0.05, 0.1) is 11.6 Å². The third-order valence-electron chi connectivity index (χ3n) is 12.3. The number of nitrogens with two attached hydrogens (primary N) is 1. The Balaban J connectivity index is 1.10. The molecule has 1 saturated heterocycles. The number of rotatable bonds is 8. The Morgan fingerprint density at radius 3 is 2.43 bits per heavy atom. The van der Waals surface area contributed by atoms with Gasteiger partial charge in [-0.25, -0.2) is 14.0 Å². The van der Waals surface area contributed by atoms with Crippen LogP contribution in [-0.2, 0) is 29.5 Å². The lowest BCUT2D eigenvalue weighted by atomic mass is 9.75. The monoisotopic (exact) mass is 680 g/mol. The summed E-state index contributed by atoms with van der Waals surface area (Å²) in [5.74, 6) is -0.666. The Morgan fingerprint density at radius 2 is 1.76 bits per heavy atom. The second kappa shape index (κ2) is 13.9. The summed E-state index contributed by atoms with van der Waals surface area (Å²) < 4.78 is 32.3. The van der Waals surface area contributed by atoms with Crippen LogP contribution in [0.1, 0.15) is 100 Å². The van der Waals surface area contributed by atoms with Gasteiger partial charge < -0.3 is 30.2 Å². The first-order valence-corrected chi connectivity index (χ1v) is 18.3. The van der Waals surface area contributed by atoms with E-state index in [1.807, 2.05) is 24.3 Å². The molecule has 3 aliphatic carbocycles. The minimum atomic E-state index is -0.992. The number of carbonyl (C=O) groups excluding carboxylic acids is 4. The van der Waals surface area contributed by atoms with E-state index in [1.165, 1.54) is 0 Å². The van der Waals surface area contributed by atoms with Crippen LogP contribution in [0.5, 0.6) is 0 Å². The van der Waals surface area contributed by atoms with E-state index in [-0.39, 0.29) is 41.6 Å². The highest BCUT2D eigenvalue weighted by molar-refractivity contribution is 6.02. The van der Waals surface area contributed by atoms with Crippen LogP contribution in [0.2, 0.25) is 0 Å². The van der Waals surface area contributed by atoms with E-state index < -0.39 is 30.6 Å². The van der Waals surface area contributed by atoms with Gasteiger partial charge in [0.25, 0.3) is 0 Å². The van der Waals surface area contributed by atoms with Crippen molar-refractivity contribution in [2.45, 2.75) is 114 Å². The highest BCUT2D eigenvalue weighted by Crippen LogP contribution is 2.46. The Kier molecular flexibility index (Phi) is 9.60. The van der Waals surface area contributed by atoms with Crippen LogP contribution in [-0.4, -0.2) is 71.9 Å². The van der Waals surface area contributed by atoms with E-state index in [2.05, 4.69) is 9.88 Å². The zero-order valence-corrected chi connectivity index (χ0v) is 28.4. The molecule has 2 aliphatic heterocycles. The molecule has 3 saturated carbocycles. The fourth-order valence-electron chi connectivity index (χ4n) is 9.82. The predicted octanol–water partition coefficient (Wildman–Crippen LogP) is 6.03. The topological polar surface area (TPSA) is 142 Å². The summed E-state index contributed by atoms with van der Waals surface area (Å²) in [5, 5.41) is 4.03. The van der Waals surface area contributed by atoms with Crippen molar-refractivity contribution in [2.24, 2.45) is 29.4 Å². The lowest BCUT2D eigenvalue weighted by Gasteiger charge is -2.37. The number of fused-ring (bicyclic) bond motifs is 4. The summed E-state index contributed by atoms with van der Waals surface area (Å²) in [6.07, 6.45) is 9.78. The second-order valence-corrected chi connectivity index (χ2v) is 15.0. The maximum absolute atomic E-state index is 14.3. The normalized spacial score (nSPS) is 30.2. The minimum Gasteiger partial charge on any atom is -0.443 e. The van der Waals surface area contributed by atoms with Crippen LogP contribution in [0, 0.1) is 23.7 Å². The zero-order valence-electron chi connectivity index (χ0n) is 28.4. The molecular weight excluding hydrogens is 631 g/mol. The van der Waals surface area contributed by atoms with E-state index in [9.17, 15) is 23.6 Å². The number of methoxy groups -OCH3 is 1. The molecule has 0 bridgehead atoms. The molecule has 1 aromatic carbocycles. The van der Waals surface area contributed by atoms with Crippen molar-refractivity contribution in [3.8, 4) is 0 Å². The minimum absolute atomic E-state index is 0.0286. The number of likely N-dealkylation sites (tertiary alicyclic amines) is 1. The molecule has 5 aliphatic rings. The average molecular weight is 681 g/mol. The summed E-state index contributed by atoms with van der Waals surface area (Å²) in [7, 11) is 1.75. The zero-order chi connectivity index (χ0) is 34.3. The second-order valence-electron chi connectivity index (χ2n) is 15.0. The highest BCUT2D eigenvalue weighted by Gasteiger charge is 2.49. The highest BCUT2D eigenvalue weighted by atomic mass is 19.1. The van der Waals surface area contributed by atoms with E-state index in [0.29, 0.717) is 49.5 Å². The SMILES string of the molecule is COC1CCC([C@@H]2CCN(C(=O)C3CCC([C@@H](CF)OC(N)=O)CC3)[C@@H]2C(=O)Nc2ccc3c(c2)cc2n3C3(CCCCC3)OC2=O)CC1. The maximum Gasteiger partial charge on any atom is 0.404 e. The summed E-state index contributed by atoms with van der Waals surface area (Å²) in [5.41, 5.74) is 6.61. The predicted molar refractivity (Wildman–Crippen MR) is 179 cm³/mol. The number of esters is 1. The first kappa shape index (κ1) is 33.8. The Morgan fingerprint density at radius 1 is 1.02 bits per heavy atom. The Hall–Kier alpha value is -3.67. The molecule has 3 atom stereocenters. The summed E-state index contributed by atoms with van der Waals surface area (Å²) >= 11 is 0. The molecule has 266 valence electrons. The number of amides is 3. The third kappa shape index (κ3) is 6.41. The number of alkyl halides is 1. The number of halogens is 1. The van der Waals surface area contributed by atoms with Crippen LogP contribution in [0.3, 0.4) is 0 Å². The van der Waals surface area contributed by atoms with Crippen molar-refractivity contribution < 1.29 is 37.8 Å². The first-order chi connectivity index (χ1) is 23.7. The molecule has 3 N–H and O–H groups in total. The molecule has 0 radical (unpaired) electrons. The maximum atomic E-state index is 14.3. The molecule has 1 aromatic heterocycles. The average Bonchev–Trinajstić information content (AvgIpc) is 3.80. The van der Waals surface area contributed by atoms with Gasteiger partial charge >= 0.3 is 12.1 Å². The fraction of sp³-hybridized carbons (Fsp3) is 0.676. The fourth-order valence-corrected chi connectivity index (χ4v) is 9.82. The van der Waals surface area contributed by atoms with Crippen LogP contribution in [0.25, 0.3) is 10.9 Å². The number of aromatic nitrogens is 1. The molecule has 1 spiro atoms. The van der Waals surface area contributed by atoms with Gasteiger partial charge in [-0.05, 0) is 113 Å². The lowest BCUT2D eigenvalue weighted by Crippen LogP contribution is -2.50. The Bertz CT molecular complexity index is 1570. The van der Waals surface area contributed by atoms with Crippen LogP contribution in [0.4, 0.5) is 14.9 Å². The van der Waals surface area contributed by atoms with Crippen molar-refractivity contribution in [3.63, 3.8) is 0 Å². The van der Waals surface area contributed by atoms with E-state index >= 15 is 0 Å². The number of hydrogen-bond donors (Lipinski definition) is 2. The van der Waals surface area contributed by atoms with E-state index in [4.69, 9.17) is 19.9 Å². The first-order valence-electron chi connectivity index (χ1n) is 18.3. The number of primary amides is 1. The van der Waals surface area contributed by atoms with Crippen molar-refractivity contribution >= 4 is 40.5 Å². The van der Waals surface area contributed by atoms with E-state index in [0.717, 1.165) is 75.1 Å². The van der Waals surface area contributed by atoms with Crippen LogP contribution >= 0.6 is 0 Å². The molecule has 2 aromatic rings. The van der Waals surface area contributed by atoms with E-state index in [1.54, 1.807) is 12.0 Å². The molecule has 3 amide bonds. The van der Waals surface area contributed by atoms with Gasteiger partial charge in [-0.2, -0.15) is 0 Å². The van der Waals surface area contributed by atoms with Gasteiger partial charge in [-0.3, -0.25) is 14.2 Å². The summed E-state index contributed by atoms with van der Waals surface area (Å²) in [6.45, 7) is -0.296. The van der Waals surface area contributed by atoms with Gasteiger partial charge in [0.15, 0.2) is 5.72 Å². The van der Waals surface area contributed by atoms with Crippen molar-refractivity contribution in [2.75, 3.05) is 25.6 Å². The molecule has 49 heavy (non-hydrogen) atoms. The number of ether oxygens (including phenoxy) is 3. The van der Waals surface area contributed by atoms with Crippen molar-refractivity contribution in [3.05, 3.63) is 30.0 Å². The standard InChI is InChI=1S/C37H49FN4O7/c1-47-27-12-9-22(10-13-27)28-15-18-41(34(44)24-7-5-23(6-8-24)31(21-38)48-36(39)46)32(28)33(43)40-26-11-14-29-25(19-26)20-30-35(45)49-37(42(29)30)16-3-2-4-17-37/h11,14,19-20,22-24,27-28,31-32H,2-10,12-13,15-18,21H2,1H3,(H2,39,46)(H,40,43)/t22?,23?,24?,27?,28-,31+,32-/m0/s1. The molecule has 7 rings (SSSR count). The van der Waals surface area contributed by atoms with Crippen LogP contribution in [0.15, 0.2) is 24.3 Å². The number of hydrogen-bond acceptors (Lipinski definition) is 7. The summed E-state index contributed by atoms with van der Waals surface area (Å²) in [4.78, 5) is 54.5. The summed E-state index contributed by atoms with van der Waals surface area (Å²) in [6, 6.07) is 7.00. The number of nitrogens with one attached hydrogen (secondary N) is 1. The molecular formula is C37H49FN4O7. The smallest absolute Gasteiger partial charge is 0.404 e. The lowest BCUT2D eigenvalue weighted by molar-refractivity contribution is -0.142.